The molecular formula is C16H13Cl2NO2. The van der Waals surface area contributed by atoms with Gasteiger partial charge < -0.3 is 10.4 Å². The smallest absolute Gasteiger partial charge is 0.248 e. The Hall–Kier alpha value is -1.81. The van der Waals surface area contributed by atoms with Crippen LogP contribution in [0.4, 0.5) is 5.69 Å². The molecule has 0 unspecified atom stereocenters. The highest BCUT2D eigenvalue weighted by atomic mass is 35.5. The molecule has 0 aromatic heterocycles. The van der Waals surface area contributed by atoms with E-state index in [0.29, 0.717) is 21.3 Å². The topological polar surface area (TPSA) is 49.3 Å². The average molecular weight is 322 g/mol. The minimum atomic E-state index is -0.290. The van der Waals surface area contributed by atoms with Crippen LogP contribution in [0.2, 0.25) is 10.0 Å². The zero-order valence-corrected chi connectivity index (χ0v) is 12.5. The van der Waals surface area contributed by atoms with E-state index in [0.717, 1.165) is 5.56 Å². The fourth-order valence-electron chi connectivity index (χ4n) is 1.74. The van der Waals surface area contributed by atoms with Gasteiger partial charge in [-0.25, -0.2) is 0 Å². The van der Waals surface area contributed by atoms with Crippen molar-refractivity contribution in [2.45, 2.75) is 6.61 Å². The number of amides is 1. The molecule has 2 rings (SSSR count). The maximum Gasteiger partial charge on any atom is 0.248 e. The number of nitrogens with one attached hydrogen (secondary N) is 1. The van der Waals surface area contributed by atoms with Gasteiger partial charge in [0.05, 0.1) is 16.7 Å². The summed E-state index contributed by atoms with van der Waals surface area (Å²) in [6, 6.07) is 12.2. The normalized spacial score (nSPS) is 10.8. The van der Waals surface area contributed by atoms with E-state index in [1.807, 2.05) is 0 Å². The molecule has 1 amide bonds. The summed E-state index contributed by atoms with van der Waals surface area (Å²) >= 11 is 11.7. The van der Waals surface area contributed by atoms with Crippen LogP contribution in [-0.4, -0.2) is 11.0 Å². The number of aliphatic hydroxyl groups is 1. The molecule has 2 aromatic rings. The van der Waals surface area contributed by atoms with Crippen LogP contribution in [0.25, 0.3) is 6.08 Å². The summed E-state index contributed by atoms with van der Waals surface area (Å²) in [6.07, 6.45) is 3.03. The van der Waals surface area contributed by atoms with Crippen LogP contribution in [0.3, 0.4) is 0 Å². The highest BCUT2D eigenvalue weighted by Gasteiger charge is 2.03. The van der Waals surface area contributed by atoms with E-state index < -0.39 is 0 Å². The first-order valence-corrected chi connectivity index (χ1v) is 6.98. The van der Waals surface area contributed by atoms with Crippen molar-refractivity contribution in [1.82, 2.24) is 0 Å². The van der Waals surface area contributed by atoms with Gasteiger partial charge in [0.2, 0.25) is 5.91 Å². The van der Waals surface area contributed by atoms with Gasteiger partial charge in [-0.1, -0.05) is 47.5 Å². The Kier molecular flexibility index (Phi) is 5.39. The minimum Gasteiger partial charge on any atom is -0.392 e. The van der Waals surface area contributed by atoms with Gasteiger partial charge in [0.1, 0.15) is 0 Å². The lowest BCUT2D eigenvalue weighted by Crippen LogP contribution is -2.09. The molecule has 108 valence electrons. The molecule has 0 heterocycles. The van der Waals surface area contributed by atoms with Crippen molar-refractivity contribution in [2.24, 2.45) is 0 Å². The maximum atomic E-state index is 11.9. The van der Waals surface area contributed by atoms with E-state index in [1.165, 1.54) is 6.08 Å². The Morgan fingerprint density at radius 3 is 2.62 bits per heavy atom. The van der Waals surface area contributed by atoms with Crippen LogP contribution in [0.5, 0.6) is 0 Å². The average Bonchev–Trinajstić information content (AvgIpc) is 2.49. The number of hydrogen-bond acceptors (Lipinski definition) is 2. The third kappa shape index (κ3) is 4.33. The van der Waals surface area contributed by atoms with E-state index in [1.54, 1.807) is 48.5 Å². The maximum absolute atomic E-state index is 11.9. The summed E-state index contributed by atoms with van der Waals surface area (Å²) in [5.74, 6) is -0.290. The second kappa shape index (κ2) is 7.27. The summed E-state index contributed by atoms with van der Waals surface area (Å²) in [4.78, 5) is 11.9. The number of para-hydroxylation sites is 1. The zero-order valence-electron chi connectivity index (χ0n) is 11.0. The molecule has 0 aliphatic heterocycles. The van der Waals surface area contributed by atoms with Crippen molar-refractivity contribution in [3.05, 3.63) is 69.7 Å². The van der Waals surface area contributed by atoms with Gasteiger partial charge >= 0.3 is 0 Å². The van der Waals surface area contributed by atoms with Gasteiger partial charge in [0.15, 0.2) is 0 Å². The molecule has 0 aliphatic carbocycles. The van der Waals surface area contributed by atoms with Crippen LogP contribution in [0, 0.1) is 0 Å². The molecule has 2 N–H and O–H groups in total. The third-order valence-corrected chi connectivity index (χ3v) is 3.56. The molecule has 0 atom stereocenters. The number of anilines is 1. The quantitative estimate of drug-likeness (QED) is 0.831. The van der Waals surface area contributed by atoms with Crippen molar-refractivity contribution >= 4 is 40.9 Å². The molecule has 2 aromatic carbocycles. The Labute approximate surface area is 132 Å². The standard InChI is InChI=1S/C16H13Cl2NO2/c17-13-7-5-11(9-14(13)18)6-8-16(21)19-15-4-2-1-3-12(15)10-20/h1-9,20H,10H2,(H,19,21). The Morgan fingerprint density at radius 1 is 1.14 bits per heavy atom. The molecule has 21 heavy (non-hydrogen) atoms. The highest BCUT2D eigenvalue weighted by molar-refractivity contribution is 6.42. The number of carbonyl (C=O) groups is 1. The number of aliphatic hydroxyl groups excluding tert-OH is 1. The van der Waals surface area contributed by atoms with E-state index >= 15 is 0 Å². The van der Waals surface area contributed by atoms with Gasteiger partial charge in [-0.3, -0.25) is 4.79 Å². The van der Waals surface area contributed by atoms with Crippen molar-refractivity contribution in [1.29, 1.82) is 0 Å². The number of rotatable bonds is 4. The molecule has 3 nitrogen and oxygen atoms in total. The minimum absolute atomic E-state index is 0.132. The number of carbonyl (C=O) groups excluding carboxylic acids is 1. The summed E-state index contributed by atoms with van der Waals surface area (Å²) in [5, 5.41) is 12.8. The lowest BCUT2D eigenvalue weighted by Gasteiger charge is -2.07. The van der Waals surface area contributed by atoms with E-state index in [4.69, 9.17) is 23.2 Å². The SMILES string of the molecule is O=C(C=Cc1ccc(Cl)c(Cl)c1)Nc1ccccc1CO. The van der Waals surface area contributed by atoms with Crippen LogP contribution in [0.15, 0.2) is 48.5 Å². The van der Waals surface area contributed by atoms with Crippen molar-refractivity contribution in [3.63, 3.8) is 0 Å². The molecular weight excluding hydrogens is 309 g/mol. The summed E-state index contributed by atoms with van der Waals surface area (Å²) in [5.41, 5.74) is 2.02. The molecule has 0 spiro atoms. The molecule has 0 saturated carbocycles. The van der Waals surface area contributed by atoms with E-state index in [-0.39, 0.29) is 12.5 Å². The first kappa shape index (κ1) is 15.6. The first-order valence-electron chi connectivity index (χ1n) is 6.23. The largest absolute Gasteiger partial charge is 0.392 e. The second-order valence-electron chi connectivity index (χ2n) is 4.31. The summed E-state index contributed by atoms with van der Waals surface area (Å²) < 4.78 is 0. The number of benzene rings is 2. The van der Waals surface area contributed by atoms with E-state index in [9.17, 15) is 9.90 Å². The Morgan fingerprint density at radius 2 is 1.90 bits per heavy atom. The molecule has 0 fully saturated rings. The highest BCUT2D eigenvalue weighted by Crippen LogP contribution is 2.23. The lowest BCUT2D eigenvalue weighted by atomic mass is 10.2. The fraction of sp³-hybridized carbons (Fsp3) is 0.0625. The van der Waals surface area contributed by atoms with Crippen LogP contribution >= 0.6 is 23.2 Å². The fourth-order valence-corrected chi connectivity index (χ4v) is 2.05. The first-order chi connectivity index (χ1) is 10.1. The second-order valence-corrected chi connectivity index (χ2v) is 5.13. The molecule has 0 saturated heterocycles. The molecule has 0 radical (unpaired) electrons. The van der Waals surface area contributed by atoms with Crippen molar-refractivity contribution in [2.75, 3.05) is 5.32 Å². The van der Waals surface area contributed by atoms with Gasteiger partial charge in [-0.15, -0.1) is 0 Å². The van der Waals surface area contributed by atoms with Crippen molar-refractivity contribution < 1.29 is 9.90 Å². The summed E-state index contributed by atoms with van der Waals surface area (Å²) in [6.45, 7) is -0.132. The van der Waals surface area contributed by atoms with Gasteiger partial charge in [-0.05, 0) is 29.8 Å². The Balaban J connectivity index is 2.07. The molecule has 5 heteroatoms. The van der Waals surface area contributed by atoms with Gasteiger partial charge in [0, 0.05) is 17.3 Å². The lowest BCUT2D eigenvalue weighted by molar-refractivity contribution is -0.111. The predicted molar refractivity (Wildman–Crippen MR) is 86.5 cm³/mol. The monoisotopic (exact) mass is 321 g/mol. The third-order valence-electron chi connectivity index (χ3n) is 2.82. The number of hydrogen-bond donors (Lipinski definition) is 2. The molecule has 0 bridgehead atoms. The Bertz CT molecular complexity index is 684. The summed E-state index contributed by atoms with van der Waals surface area (Å²) in [7, 11) is 0. The van der Waals surface area contributed by atoms with Crippen LogP contribution in [0.1, 0.15) is 11.1 Å². The molecule has 0 aliphatic rings. The predicted octanol–water partition coefficient (Wildman–Crippen LogP) is 4.14. The number of halogens is 2. The zero-order chi connectivity index (χ0) is 15.2. The van der Waals surface area contributed by atoms with Crippen LogP contribution < -0.4 is 5.32 Å². The van der Waals surface area contributed by atoms with E-state index in [2.05, 4.69) is 5.32 Å². The van der Waals surface area contributed by atoms with Crippen LogP contribution in [-0.2, 0) is 11.4 Å². The van der Waals surface area contributed by atoms with Gasteiger partial charge in [-0.2, -0.15) is 0 Å². The van der Waals surface area contributed by atoms with Gasteiger partial charge in [0.25, 0.3) is 0 Å². The van der Waals surface area contributed by atoms with Crippen molar-refractivity contribution in [3.8, 4) is 0 Å².